The van der Waals surface area contributed by atoms with Crippen molar-refractivity contribution >= 4 is 22.5 Å². The average Bonchev–Trinajstić information content (AvgIpc) is 2.53. The number of carbonyl (C=O) groups excluding carboxylic acids is 1. The third-order valence-electron chi connectivity index (χ3n) is 1.79. The monoisotopic (exact) mass is 214 g/mol. The number of rotatable bonds is 3. The zero-order valence-corrected chi connectivity index (χ0v) is 9.39. The highest BCUT2D eigenvalue weighted by Gasteiger charge is 2.11. The molecule has 0 saturated heterocycles. The summed E-state index contributed by atoms with van der Waals surface area (Å²) in [5.41, 5.74) is 0. The van der Waals surface area contributed by atoms with Crippen LogP contribution in [0.25, 0.3) is 0 Å². The predicted molar refractivity (Wildman–Crippen MR) is 56.6 cm³/mol. The molecule has 14 heavy (non-hydrogen) atoms. The number of aryl methyl sites for hydroxylation is 1. The molecule has 0 aliphatic rings. The molecule has 0 saturated carbocycles. The number of nitrogens with one attached hydrogen (secondary N) is 1. The molecule has 0 radical (unpaired) electrons. The van der Waals surface area contributed by atoms with E-state index in [2.05, 4.69) is 15.5 Å². The zero-order chi connectivity index (χ0) is 10.6. The molecular weight excluding hydrogens is 200 g/mol. The maximum absolute atomic E-state index is 11.5. The van der Waals surface area contributed by atoms with Crippen molar-refractivity contribution < 1.29 is 4.79 Å². The van der Waals surface area contributed by atoms with Crippen LogP contribution < -0.4 is 5.32 Å². The molecule has 2 amide bonds. The van der Waals surface area contributed by atoms with Crippen LogP contribution in [0.4, 0.5) is 9.93 Å². The number of urea groups is 1. The van der Waals surface area contributed by atoms with E-state index >= 15 is 0 Å². The fourth-order valence-electron chi connectivity index (χ4n) is 1.03. The van der Waals surface area contributed by atoms with Crippen molar-refractivity contribution in [1.82, 2.24) is 15.1 Å². The van der Waals surface area contributed by atoms with Gasteiger partial charge in [-0.1, -0.05) is 11.3 Å². The predicted octanol–water partition coefficient (Wildman–Crippen LogP) is 1.72. The van der Waals surface area contributed by atoms with Crippen molar-refractivity contribution in [2.75, 3.05) is 18.4 Å². The minimum absolute atomic E-state index is 0.119. The van der Waals surface area contributed by atoms with Crippen molar-refractivity contribution in [3.63, 3.8) is 0 Å². The van der Waals surface area contributed by atoms with Crippen molar-refractivity contribution in [2.24, 2.45) is 0 Å². The lowest BCUT2D eigenvalue weighted by Gasteiger charge is -2.17. The Kier molecular flexibility index (Phi) is 3.82. The van der Waals surface area contributed by atoms with Gasteiger partial charge in [0.1, 0.15) is 5.01 Å². The Morgan fingerprint density at radius 2 is 2.07 bits per heavy atom. The number of aromatic nitrogens is 2. The van der Waals surface area contributed by atoms with Gasteiger partial charge in [0.2, 0.25) is 5.13 Å². The van der Waals surface area contributed by atoms with Crippen molar-refractivity contribution in [3.05, 3.63) is 5.01 Å². The van der Waals surface area contributed by atoms with Crippen LogP contribution in [0.15, 0.2) is 0 Å². The fourth-order valence-corrected chi connectivity index (χ4v) is 1.61. The second-order valence-electron chi connectivity index (χ2n) is 2.73. The van der Waals surface area contributed by atoms with Crippen molar-refractivity contribution in [2.45, 2.75) is 20.8 Å². The Morgan fingerprint density at radius 1 is 1.43 bits per heavy atom. The Hall–Kier alpha value is -1.17. The molecule has 0 atom stereocenters. The summed E-state index contributed by atoms with van der Waals surface area (Å²) in [5.74, 6) is 0. The highest BCUT2D eigenvalue weighted by atomic mass is 32.1. The number of anilines is 1. The summed E-state index contributed by atoms with van der Waals surface area (Å²) in [7, 11) is 0. The Labute approximate surface area is 87.1 Å². The van der Waals surface area contributed by atoms with Gasteiger partial charge in [0, 0.05) is 13.1 Å². The van der Waals surface area contributed by atoms with Gasteiger partial charge < -0.3 is 4.90 Å². The first-order valence-electron chi connectivity index (χ1n) is 4.53. The molecule has 0 aliphatic carbocycles. The van der Waals surface area contributed by atoms with E-state index in [1.807, 2.05) is 20.8 Å². The lowest BCUT2D eigenvalue weighted by molar-refractivity contribution is 0.217. The van der Waals surface area contributed by atoms with E-state index in [1.54, 1.807) is 4.90 Å². The lowest BCUT2D eigenvalue weighted by atomic mass is 10.5. The molecule has 0 aromatic carbocycles. The van der Waals surface area contributed by atoms with E-state index in [4.69, 9.17) is 0 Å². The van der Waals surface area contributed by atoms with E-state index in [9.17, 15) is 4.79 Å². The van der Waals surface area contributed by atoms with Gasteiger partial charge in [0.15, 0.2) is 0 Å². The molecule has 1 rings (SSSR count). The van der Waals surface area contributed by atoms with Crippen molar-refractivity contribution in [1.29, 1.82) is 0 Å². The van der Waals surface area contributed by atoms with Gasteiger partial charge in [0.05, 0.1) is 0 Å². The normalized spacial score (nSPS) is 9.93. The summed E-state index contributed by atoms with van der Waals surface area (Å²) < 4.78 is 0. The minimum atomic E-state index is -0.119. The molecule has 1 N–H and O–H groups in total. The van der Waals surface area contributed by atoms with Gasteiger partial charge >= 0.3 is 6.03 Å². The van der Waals surface area contributed by atoms with Gasteiger partial charge in [-0.05, 0) is 20.8 Å². The quantitative estimate of drug-likeness (QED) is 0.833. The lowest BCUT2D eigenvalue weighted by Crippen LogP contribution is -2.34. The zero-order valence-electron chi connectivity index (χ0n) is 8.57. The van der Waals surface area contributed by atoms with Crippen LogP contribution >= 0.6 is 11.3 Å². The van der Waals surface area contributed by atoms with Crippen LogP contribution in [0.3, 0.4) is 0 Å². The molecule has 0 spiro atoms. The summed E-state index contributed by atoms with van der Waals surface area (Å²) >= 11 is 1.37. The molecule has 1 heterocycles. The van der Waals surface area contributed by atoms with Crippen LogP contribution in [-0.2, 0) is 0 Å². The third-order valence-corrected chi connectivity index (χ3v) is 2.54. The van der Waals surface area contributed by atoms with Crippen molar-refractivity contribution in [3.8, 4) is 0 Å². The molecule has 0 fully saturated rings. The van der Waals surface area contributed by atoms with Crippen LogP contribution in [0.5, 0.6) is 0 Å². The van der Waals surface area contributed by atoms with Crippen LogP contribution in [0.2, 0.25) is 0 Å². The molecule has 5 nitrogen and oxygen atoms in total. The first-order chi connectivity index (χ1) is 6.67. The standard InChI is InChI=1S/C8H14N4OS/c1-4-12(5-2)8(13)9-7-11-10-6(3)14-7/h4-5H2,1-3H3,(H,9,11,13). The highest BCUT2D eigenvalue weighted by Crippen LogP contribution is 2.13. The van der Waals surface area contributed by atoms with E-state index < -0.39 is 0 Å². The number of carbonyl (C=O) groups is 1. The van der Waals surface area contributed by atoms with E-state index in [-0.39, 0.29) is 6.03 Å². The Balaban J connectivity index is 2.56. The summed E-state index contributed by atoms with van der Waals surface area (Å²) in [4.78, 5) is 13.2. The molecule has 78 valence electrons. The van der Waals surface area contributed by atoms with Gasteiger partial charge in [-0.15, -0.1) is 10.2 Å². The summed E-state index contributed by atoms with van der Waals surface area (Å²) in [5, 5.41) is 11.7. The SMILES string of the molecule is CCN(CC)C(=O)Nc1nnc(C)s1. The molecule has 6 heteroatoms. The molecule has 0 bridgehead atoms. The fraction of sp³-hybridized carbons (Fsp3) is 0.625. The molecule has 0 aliphatic heterocycles. The Morgan fingerprint density at radius 3 is 2.50 bits per heavy atom. The molecule has 0 unspecified atom stereocenters. The van der Waals surface area contributed by atoms with E-state index in [1.165, 1.54) is 11.3 Å². The topological polar surface area (TPSA) is 58.1 Å². The molecular formula is C8H14N4OS. The Bertz CT molecular complexity index is 308. The number of nitrogens with zero attached hydrogens (tertiary/aromatic N) is 3. The van der Waals surface area contributed by atoms with Gasteiger partial charge in [0.25, 0.3) is 0 Å². The summed E-state index contributed by atoms with van der Waals surface area (Å²) in [6, 6.07) is -0.119. The van der Waals surface area contributed by atoms with Crippen LogP contribution in [0, 0.1) is 6.92 Å². The maximum atomic E-state index is 11.5. The maximum Gasteiger partial charge on any atom is 0.323 e. The van der Waals surface area contributed by atoms with Crippen LogP contribution in [0.1, 0.15) is 18.9 Å². The van der Waals surface area contributed by atoms with Gasteiger partial charge in [-0.25, -0.2) is 4.79 Å². The molecule has 1 aromatic heterocycles. The van der Waals surface area contributed by atoms with Crippen LogP contribution in [-0.4, -0.2) is 34.2 Å². The first kappa shape index (κ1) is 10.9. The smallest absolute Gasteiger partial charge is 0.323 e. The molecule has 1 aromatic rings. The van der Waals surface area contributed by atoms with E-state index in [0.29, 0.717) is 18.2 Å². The van der Waals surface area contributed by atoms with E-state index in [0.717, 1.165) is 5.01 Å². The second kappa shape index (κ2) is 4.90. The van der Waals surface area contributed by atoms with Gasteiger partial charge in [-0.2, -0.15) is 0 Å². The number of hydrogen-bond acceptors (Lipinski definition) is 4. The first-order valence-corrected chi connectivity index (χ1v) is 5.35. The second-order valence-corrected chi connectivity index (χ2v) is 3.91. The average molecular weight is 214 g/mol. The van der Waals surface area contributed by atoms with Gasteiger partial charge in [-0.3, -0.25) is 5.32 Å². The summed E-state index contributed by atoms with van der Waals surface area (Å²) in [6.45, 7) is 7.12. The highest BCUT2D eigenvalue weighted by molar-refractivity contribution is 7.15. The minimum Gasteiger partial charge on any atom is -0.325 e. The largest absolute Gasteiger partial charge is 0.325 e. The third kappa shape index (κ3) is 2.66. The number of hydrogen-bond donors (Lipinski definition) is 1. The summed E-state index contributed by atoms with van der Waals surface area (Å²) in [6.07, 6.45) is 0. The number of amides is 2.